The summed E-state index contributed by atoms with van der Waals surface area (Å²) in [5, 5.41) is 0. The Labute approximate surface area is 170 Å². The number of carbonyl (C=O) groups is 2. The molecule has 0 atom stereocenters. The Morgan fingerprint density at radius 1 is 0.759 bits per heavy atom. The van der Waals surface area contributed by atoms with Crippen molar-refractivity contribution in [3.8, 4) is 5.75 Å². The third-order valence-electron chi connectivity index (χ3n) is 4.34. The van der Waals surface area contributed by atoms with Gasteiger partial charge in [0, 0.05) is 11.1 Å². The van der Waals surface area contributed by atoms with E-state index in [1.165, 1.54) is 0 Å². The molecule has 146 valence electrons. The summed E-state index contributed by atoms with van der Waals surface area (Å²) in [5.74, 6) is -0.435. The topological polar surface area (TPSA) is 52.6 Å². The molecule has 0 saturated heterocycles. The number of ether oxygens (including phenoxy) is 2. The van der Waals surface area contributed by atoms with E-state index in [0.717, 1.165) is 11.1 Å². The van der Waals surface area contributed by atoms with Gasteiger partial charge in [0.1, 0.15) is 12.4 Å². The van der Waals surface area contributed by atoms with Crippen molar-refractivity contribution >= 4 is 17.6 Å². The van der Waals surface area contributed by atoms with Crippen LogP contribution >= 0.6 is 0 Å². The van der Waals surface area contributed by atoms with Crippen LogP contribution in [0.25, 0.3) is 6.08 Å². The lowest BCUT2D eigenvalue weighted by Gasteiger charge is -2.08. The van der Waals surface area contributed by atoms with E-state index in [1.807, 2.05) is 24.3 Å². The highest BCUT2D eigenvalue weighted by Gasteiger charge is 2.17. The van der Waals surface area contributed by atoms with Gasteiger partial charge in [0.15, 0.2) is 0 Å². The van der Waals surface area contributed by atoms with Crippen LogP contribution in [0.3, 0.4) is 0 Å². The highest BCUT2D eigenvalue weighted by Crippen LogP contribution is 2.15. The molecule has 0 saturated carbocycles. The van der Waals surface area contributed by atoms with Crippen LogP contribution in [0.4, 0.5) is 0 Å². The third-order valence-corrected chi connectivity index (χ3v) is 4.34. The molecule has 0 radical (unpaired) electrons. The summed E-state index contributed by atoms with van der Waals surface area (Å²) in [6.45, 7) is 5.07. The molecule has 3 rings (SSSR count). The molecule has 0 amide bonds. The van der Waals surface area contributed by atoms with Crippen LogP contribution in [-0.2, 0) is 11.3 Å². The van der Waals surface area contributed by atoms with E-state index in [9.17, 15) is 9.59 Å². The first kappa shape index (κ1) is 20.2. The van der Waals surface area contributed by atoms with Crippen molar-refractivity contribution in [2.45, 2.75) is 6.61 Å². The normalized spacial score (nSPS) is 10.3. The number of carbonyl (C=O) groups excluding carboxylic acids is 2. The second kappa shape index (κ2) is 10.2. The average Bonchev–Trinajstić information content (AvgIpc) is 2.79. The highest BCUT2D eigenvalue weighted by molar-refractivity contribution is 6.49. The van der Waals surface area contributed by atoms with Crippen molar-refractivity contribution in [3.05, 3.63) is 108 Å². The lowest BCUT2D eigenvalue weighted by Crippen LogP contribution is -2.14. The number of hydrogen-bond acceptors (Lipinski definition) is 4. The van der Waals surface area contributed by atoms with E-state index in [0.29, 0.717) is 36.7 Å². The Hall–Kier alpha value is -3.50. The standard InChI is InChI=1S/C25H22O4/c1-2-19-8-10-20(11-9-19)18-28-16-17-29-23-14-12-22(13-15-23)25(27)24(26)21-6-4-3-5-7-21/h2-15H,1,16-18H2. The van der Waals surface area contributed by atoms with E-state index in [1.54, 1.807) is 60.7 Å². The van der Waals surface area contributed by atoms with Gasteiger partial charge in [-0.25, -0.2) is 0 Å². The van der Waals surface area contributed by atoms with Gasteiger partial charge >= 0.3 is 0 Å². The zero-order valence-electron chi connectivity index (χ0n) is 16.0. The molecule has 4 heteroatoms. The van der Waals surface area contributed by atoms with Gasteiger partial charge in [-0.2, -0.15) is 0 Å². The van der Waals surface area contributed by atoms with Crippen molar-refractivity contribution in [2.75, 3.05) is 13.2 Å². The van der Waals surface area contributed by atoms with Crippen LogP contribution in [0.5, 0.6) is 5.75 Å². The first-order valence-electron chi connectivity index (χ1n) is 9.33. The quantitative estimate of drug-likeness (QED) is 0.280. The van der Waals surface area contributed by atoms with Crippen molar-refractivity contribution in [2.24, 2.45) is 0 Å². The van der Waals surface area contributed by atoms with Crippen LogP contribution in [0, 0.1) is 0 Å². The summed E-state index contributed by atoms with van der Waals surface area (Å²) >= 11 is 0. The van der Waals surface area contributed by atoms with Crippen molar-refractivity contribution in [3.63, 3.8) is 0 Å². The van der Waals surface area contributed by atoms with Crippen molar-refractivity contribution < 1.29 is 19.1 Å². The van der Waals surface area contributed by atoms with Gasteiger partial charge < -0.3 is 9.47 Å². The fraction of sp³-hybridized carbons (Fsp3) is 0.120. The SMILES string of the molecule is C=Cc1ccc(COCCOc2ccc(C(=O)C(=O)c3ccccc3)cc2)cc1. The van der Waals surface area contributed by atoms with E-state index >= 15 is 0 Å². The predicted molar refractivity (Wildman–Crippen MR) is 113 cm³/mol. The first-order chi connectivity index (χ1) is 14.2. The molecule has 4 nitrogen and oxygen atoms in total. The summed E-state index contributed by atoms with van der Waals surface area (Å²) in [6, 6.07) is 23.1. The Bertz CT molecular complexity index is 958. The van der Waals surface area contributed by atoms with Crippen molar-refractivity contribution in [1.82, 2.24) is 0 Å². The summed E-state index contributed by atoms with van der Waals surface area (Å²) in [5.41, 5.74) is 2.88. The number of hydrogen-bond donors (Lipinski definition) is 0. The molecule has 0 aliphatic rings. The average molecular weight is 386 g/mol. The minimum atomic E-state index is -0.534. The van der Waals surface area contributed by atoms with E-state index in [4.69, 9.17) is 9.47 Å². The Balaban J connectivity index is 1.43. The van der Waals surface area contributed by atoms with Gasteiger partial charge in [-0.3, -0.25) is 9.59 Å². The lowest BCUT2D eigenvalue weighted by atomic mass is 10.0. The number of Topliss-reactive ketones (excluding diaryl/α,β-unsaturated/α-hetero) is 2. The van der Waals surface area contributed by atoms with Gasteiger partial charge in [0.25, 0.3) is 0 Å². The van der Waals surface area contributed by atoms with Gasteiger partial charge in [0.05, 0.1) is 13.2 Å². The Morgan fingerprint density at radius 2 is 1.38 bits per heavy atom. The molecule has 0 aliphatic heterocycles. The summed E-state index contributed by atoms with van der Waals surface area (Å²) in [7, 11) is 0. The highest BCUT2D eigenvalue weighted by atomic mass is 16.5. The maximum atomic E-state index is 12.3. The largest absolute Gasteiger partial charge is 0.491 e. The third kappa shape index (κ3) is 5.74. The molecule has 0 spiro atoms. The van der Waals surface area contributed by atoms with Crippen LogP contribution in [-0.4, -0.2) is 24.8 Å². The van der Waals surface area contributed by atoms with Gasteiger partial charge in [0.2, 0.25) is 11.6 Å². The summed E-state index contributed by atoms with van der Waals surface area (Å²) < 4.78 is 11.2. The lowest BCUT2D eigenvalue weighted by molar-refractivity contribution is 0.0816. The molecule has 0 heterocycles. The van der Waals surface area contributed by atoms with Crippen LogP contribution in [0.15, 0.2) is 85.4 Å². The fourth-order valence-corrected chi connectivity index (χ4v) is 2.71. The minimum absolute atomic E-state index is 0.338. The zero-order valence-corrected chi connectivity index (χ0v) is 16.0. The molecule has 29 heavy (non-hydrogen) atoms. The first-order valence-corrected chi connectivity index (χ1v) is 9.33. The molecule has 0 fully saturated rings. The van der Waals surface area contributed by atoms with E-state index in [2.05, 4.69) is 6.58 Å². The van der Waals surface area contributed by atoms with Gasteiger partial charge in [-0.15, -0.1) is 0 Å². The van der Waals surface area contributed by atoms with Crippen LogP contribution < -0.4 is 4.74 Å². The monoisotopic (exact) mass is 386 g/mol. The fourth-order valence-electron chi connectivity index (χ4n) is 2.71. The number of ketones is 2. The minimum Gasteiger partial charge on any atom is -0.491 e. The van der Waals surface area contributed by atoms with Crippen LogP contribution in [0.1, 0.15) is 31.8 Å². The maximum Gasteiger partial charge on any atom is 0.233 e. The second-order valence-electron chi connectivity index (χ2n) is 6.40. The molecular weight excluding hydrogens is 364 g/mol. The van der Waals surface area contributed by atoms with Crippen molar-refractivity contribution in [1.29, 1.82) is 0 Å². The smallest absolute Gasteiger partial charge is 0.233 e. The zero-order chi connectivity index (χ0) is 20.5. The number of benzene rings is 3. The predicted octanol–water partition coefficient (Wildman–Crippen LogP) is 4.99. The second-order valence-corrected chi connectivity index (χ2v) is 6.40. The van der Waals surface area contributed by atoms with Gasteiger partial charge in [-0.05, 0) is 35.4 Å². The summed E-state index contributed by atoms with van der Waals surface area (Å²) in [6.07, 6.45) is 1.80. The summed E-state index contributed by atoms with van der Waals surface area (Å²) in [4.78, 5) is 24.5. The Kier molecular flexibility index (Phi) is 7.09. The van der Waals surface area contributed by atoms with Crippen LogP contribution in [0.2, 0.25) is 0 Å². The van der Waals surface area contributed by atoms with E-state index < -0.39 is 11.6 Å². The molecule has 0 aromatic heterocycles. The molecule has 0 unspecified atom stereocenters. The molecule has 0 N–H and O–H groups in total. The molecule has 3 aromatic rings. The Morgan fingerprint density at radius 3 is 2.00 bits per heavy atom. The molecule has 0 bridgehead atoms. The number of rotatable bonds is 10. The molecular formula is C25H22O4. The van der Waals surface area contributed by atoms with Gasteiger partial charge in [-0.1, -0.05) is 67.3 Å². The molecule has 3 aromatic carbocycles. The molecule has 0 aliphatic carbocycles. The van der Waals surface area contributed by atoms with E-state index in [-0.39, 0.29) is 0 Å². The maximum absolute atomic E-state index is 12.3.